The zero-order valence-electron chi connectivity index (χ0n) is 8.89. The van der Waals surface area contributed by atoms with Crippen LogP contribution in [-0.4, -0.2) is 20.6 Å². The van der Waals surface area contributed by atoms with Crippen molar-refractivity contribution in [2.75, 3.05) is 30.9 Å². The van der Waals surface area contributed by atoms with Crippen LogP contribution in [0.15, 0.2) is 18.2 Å². The first-order valence-electron chi connectivity index (χ1n) is 4.67. The lowest BCUT2D eigenvalue weighted by atomic mass is 10.1. The lowest BCUT2D eigenvalue weighted by Crippen LogP contribution is -2.09. The van der Waals surface area contributed by atoms with Crippen LogP contribution >= 0.6 is 0 Å². The van der Waals surface area contributed by atoms with Crippen molar-refractivity contribution >= 4 is 11.4 Å². The fourth-order valence-electron chi connectivity index (χ4n) is 1.31. The van der Waals surface area contributed by atoms with Crippen LogP contribution in [0.2, 0.25) is 0 Å². The number of hydrogen-bond donors (Lipinski definition) is 1. The zero-order valence-corrected chi connectivity index (χ0v) is 8.89. The average molecular weight is 178 g/mol. The van der Waals surface area contributed by atoms with Gasteiger partial charge in [-0.1, -0.05) is 0 Å². The van der Waals surface area contributed by atoms with Crippen LogP contribution < -0.4 is 10.2 Å². The standard InChI is InChI=1S/C11H18N2/c1-5-12-11-7-6-10(13(3)4)8-9(11)2/h6-8,12H,5H2,1-4H3. The van der Waals surface area contributed by atoms with Gasteiger partial charge >= 0.3 is 0 Å². The lowest BCUT2D eigenvalue weighted by Gasteiger charge is -2.15. The molecule has 0 saturated heterocycles. The zero-order chi connectivity index (χ0) is 9.84. The van der Waals surface area contributed by atoms with E-state index in [0.717, 1.165) is 6.54 Å². The first-order valence-corrected chi connectivity index (χ1v) is 4.67. The molecule has 0 aliphatic carbocycles. The normalized spacial score (nSPS) is 9.85. The van der Waals surface area contributed by atoms with Gasteiger partial charge < -0.3 is 10.2 Å². The number of nitrogens with one attached hydrogen (secondary N) is 1. The largest absolute Gasteiger partial charge is 0.385 e. The van der Waals surface area contributed by atoms with E-state index in [-0.39, 0.29) is 0 Å². The molecule has 2 nitrogen and oxygen atoms in total. The molecule has 0 aliphatic rings. The van der Waals surface area contributed by atoms with Crippen molar-refractivity contribution in [2.45, 2.75) is 13.8 Å². The smallest absolute Gasteiger partial charge is 0.0371 e. The van der Waals surface area contributed by atoms with Gasteiger partial charge in [0.15, 0.2) is 0 Å². The summed E-state index contributed by atoms with van der Waals surface area (Å²) in [6.07, 6.45) is 0. The summed E-state index contributed by atoms with van der Waals surface area (Å²) < 4.78 is 0. The molecule has 0 radical (unpaired) electrons. The van der Waals surface area contributed by atoms with Crippen molar-refractivity contribution < 1.29 is 0 Å². The van der Waals surface area contributed by atoms with Gasteiger partial charge in [0.25, 0.3) is 0 Å². The molecule has 0 atom stereocenters. The second-order valence-electron chi connectivity index (χ2n) is 3.42. The second kappa shape index (κ2) is 4.17. The Hall–Kier alpha value is -1.18. The van der Waals surface area contributed by atoms with Gasteiger partial charge in [0, 0.05) is 32.0 Å². The molecule has 0 heterocycles. The van der Waals surface area contributed by atoms with Crippen molar-refractivity contribution in [1.29, 1.82) is 0 Å². The van der Waals surface area contributed by atoms with Crippen molar-refractivity contribution in [1.82, 2.24) is 0 Å². The van der Waals surface area contributed by atoms with Gasteiger partial charge in [-0.15, -0.1) is 0 Å². The molecule has 0 unspecified atom stereocenters. The maximum Gasteiger partial charge on any atom is 0.0371 e. The Morgan fingerprint density at radius 1 is 1.31 bits per heavy atom. The number of aryl methyl sites for hydroxylation is 1. The van der Waals surface area contributed by atoms with Crippen LogP contribution in [0.3, 0.4) is 0 Å². The number of anilines is 2. The highest BCUT2D eigenvalue weighted by Gasteiger charge is 1.99. The second-order valence-corrected chi connectivity index (χ2v) is 3.42. The van der Waals surface area contributed by atoms with Gasteiger partial charge in [-0.3, -0.25) is 0 Å². The van der Waals surface area contributed by atoms with Crippen LogP contribution in [0, 0.1) is 6.92 Å². The Labute approximate surface area is 80.6 Å². The molecule has 1 N–H and O–H groups in total. The molecule has 2 heteroatoms. The maximum absolute atomic E-state index is 3.32. The van der Waals surface area contributed by atoms with E-state index < -0.39 is 0 Å². The first-order chi connectivity index (χ1) is 6.15. The topological polar surface area (TPSA) is 15.3 Å². The van der Waals surface area contributed by atoms with E-state index in [1.165, 1.54) is 16.9 Å². The third-order valence-corrected chi connectivity index (χ3v) is 2.09. The van der Waals surface area contributed by atoms with Crippen molar-refractivity contribution in [3.63, 3.8) is 0 Å². The fourth-order valence-corrected chi connectivity index (χ4v) is 1.31. The van der Waals surface area contributed by atoms with Crippen molar-refractivity contribution in [2.24, 2.45) is 0 Å². The molecule has 0 aliphatic heterocycles. The van der Waals surface area contributed by atoms with Crippen LogP contribution in [0.5, 0.6) is 0 Å². The average Bonchev–Trinajstić information content (AvgIpc) is 2.08. The van der Waals surface area contributed by atoms with Crippen molar-refractivity contribution in [3.05, 3.63) is 23.8 Å². The minimum Gasteiger partial charge on any atom is -0.385 e. The van der Waals surface area contributed by atoms with Gasteiger partial charge in [-0.05, 0) is 37.6 Å². The van der Waals surface area contributed by atoms with E-state index in [1.807, 2.05) is 0 Å². The molecular formula is C11H18N2. The van der Waals surface area contributed by atoms with E-state index in [4.69, 9.17) is 0 Å². The highest BCUT2D eigenvalue weighted by Crippen LogP contribution is 2.20. The third-order valence-electron chi connectivity index (χ3n) is 2.09. The minimum atomic E-state index is 0.974. The van der Waals surface area contributed by atoms with Gasteiger partial charge in [0.2, 0.25) is 0 Å². The summed E-state index contributed by atoms with van der Waals surface area (Å²) in [6, 6.07) is 6.46. The van der Waals surface area contributed by atoms with Gasteiger partial charge in [-0.2, -0.15) is 0 Å². The molecule has 0 spiro atoms. The molecule has 0 bridgehead atoms. The molecule has 13 heavy (non-hydrogen) atoms. The summed E-state index contributed by atoms with van der Waals surface area (Å²) >= 11 is 0. The van der Waals surface area contributed by atoms with Gasteiger partial charge in [-0.25, -0.2) is 0 Å². The number of benzene rings is 1. The van der Waals surface area contributed by atoms with Crippen LogP contribution in [0.4, 0.5) is 11.4 Å². The summed E-state index contributed by atoms with van der Waals surface area (Å²) in [6.45, 7) is 5.21. The Balaban J connectivity index is 2.92. The monoisotopic (exact) mass is 178 g/mol. The predicted molar refractivity (Wildman–Crippen MR) is 59.7 cm³/mol. The van der Waals surface area contributed by atoms with E-state index >= 15 is 0 Å². The van der Waals surface area contributed by atoms with Crippen LogP contribution in [0.25, 0.3) is 0 Å². The summed E-state index contributed by atoms with van der Waals surface area (Å²) in [4.78, 5) is 2.11. The fraction of sp³-hybridized carbons (Fsp3) is 0.455. The van der Waals surface area contributed by atoms with E-state index in [9.17, 15) is 0 Å². The summed E-state index contributed by atoms with van der Waals surface area (Å²) in [5, 5.41) is 3.32. The van der Waals surface area contributed by atoms with Crippen LogP contribution in [-0.2, 0) is 0 Å². The number of nitrogens with zero attached hydrogens (tertiary/aromatic N) is 1. The Morgan fingerprint density at radius 2 is 2.00 bits per heavy atom. The minimum absolute atomic E-state index is 0.974. The summed E-state index contributed by atoms with van der Waals surface area (Å²) in [7, 11) is 4.11. The molecule has 0 aromatic heterocycles. The molecule has 0 saturated carbocycles. The molecule has 1 rings (SSSR count). The van der Waals surface area contributed by atoms with E-state index in [1.54, 1.807) is 0 Å². The van der Waals surface area contributed by atoms with Gasteiger partial charge in [0.05, 0.1) is 0 Å². The Kier molecular flexibility index (Phi) is 3.18. The van der Waals surface area contributed by atoms with Crippen molar-refractivity contribution in [3.8, 4) is 0 Å². The molecule has 0 fully saturated rings. The number of rotatable bonds is 3. The van der Waals surface area contributed by atoms with E-state index in [0.29, 0.717) is 0 Å². The number of hydrogen-bond acceptors (Lipinski definition) is 2. The molecule has 1 aromatic rings. The third kappa shape index (κ3) is 2.38. The summed E-state index contributed by atoms with van der Waals surface area (Å²) in [5.74, 6) is 0. The Bertz CT molecular complexity index is 279. The molecule has 0 amide bonds. The summed E-state index contributed by atoms with van der Waals surface area (Å²) in [5.41, 5.74) is 3.78. The Morgan fingerprint density at radius 3 is 2.46 bits per heavy atom. The quantitative estimate of drug-likeness (QED) is 0.765. The molecule has 72 valence electrons. The first kappa shape index (κ1) is 9.90. The van der Waals surface area contributed by atoms with E-state index in [2.05, 4.69) is 56.4 Å². The highest BCUT2D eigenvalue weighted by molar-refractivity contribution is 5.59. The highest BCUT2D eigenvalue weighted by atomic mass is 15.1. The predicted octanol–water partition coefficient (Wildman–Crippen LogP) is 2.49. The molecule has 1 aromatic carbocycles. The van der Waals surface area contributed by atoms with Gasteiger partial charge in [0.1, 0.15) is 0 Å². The van der Waals surface area contributed by atoms with Crippen LogP contribution in [0.1, 0.15) is 12.5 Å². The SMILES string of the molecule is CCNc1ccc(N(C)C)cc1C. The molecular weight excluding hydrogens is 160 g/mol. The maximum atomic E-state index is 3.32. The lowest BCUT2D eigenvalue weighted by molar-refractivity contribution is 1.12.